The van der Waals surface area contributed by atoms with Gasteiger partial charge in [-0.3, -0.25) is 10.2 Å². The molecule has 0 atom stereocenters. The molecule has 1 aromatic carbocycles. The number of ether oxygens (including phenoxy) is 1. The van der Waals surface area contributed by atoms with Gasteiger partial charge in [-0.25, -0.2) is 10.8 Å². The molecule has 0 unspecified atom stereocenters. The van der Waals surface area contributed by atoms with Gasteiger partial charge in [0.2, 0.25) is 0 Å². The van der Waals surface area contributed by atoms with Crippen molar-refractivity contribution < 1.29 is 9.53 Å². The third-order valence-electron chi connectivity index (χ3n) is 3.61. The first kappa shape index (κ1) is 15.0. The number of thiazole rings is 1. The Labute approximate surface area is 132 Å². The second kappa shape index (κ2) is 6.43. The van der Waals surface area contributed by atoms with Crippen LogP contribution in [0.5, 0.6) is 0 Å². The second-order valence-electron chi connectivity index (χ2n) is 5.03. The summed E-state index contributed by atoms with van der Waals surface area (Å²) in [6.07, 6.45) is 0. The summed E-state index contributed by atoms with van der Waals surface area (Å²) in [7, 11) is 0. The number of hydrogen-bond donors (Lipinski definition) is 2. The van der Waals surface area contributed by atoms with E-state index in [1.807, 2.05) is 25.1 Å². The largest absolute Gasteiger partial charge is 0.378 e. The van der Waals surface area contributed by atoms with Crippen molar-refractivity contribution in [3.05, 3.63) is 35.5 Å². The fourth-order valence-electron chi connectivity index (χ4n) is 2.48. The predicted octanol–water partition coefficient (Wildman–Crippen LogP) is 1.56. The minimum atomic E-state index is -0.295. The van der Waals surface area contributed by atoms with Gasteiger partial charge in [0.1, 0.15) is 0 Å². The van der Waals surface area contributed by atoms with Crippen LogP contribution in [0.15, 0.2) is 24.3 Å². The second-order valence-corrected chi connectivity index (χ2v) is 6.01. The summed E-state index contributed by atoms with van der Waals surface area (Å²) in [5.74, 6) is 4.98. The number of carbonyl (C=O) groups excluding carboxylic acids is 1. The van der Waals surface area contributed by atoms with E-state index in [-0.39, 0.29) is 5.91 Å². The number of aryl methyl sites for hydroxylation is 1. The molecule has 116 valence electrons. The summed E-state index contributed by atoms with van der Waals surface area (Å²) in [5.41, 5.74) is 4.54. The van der Waals surface area contributed by atoms with Crippen LogP contribution in [-0.4, -0.2) is 37.2 Å². The molecule has 6 nitrogen and oxygen atoms in total. The number of nitrogens with two attached hydrogens (primary N) is 1. The van der Waals surface area contributed by atoms with E-state index in [9.17, 15) is 4.79 Å². The summed E-state index contributed by atoms with van der Waals surface area (Å²) in [6.45, 7) is 5.10. The molecule has 3 rings (SSSR count). The number of benzene rings is 1. The van der Waals surface area contributed by atoms with E-state index < -0.39 is 0 Å². The quantitative estimate of drug-likeness (QED) is 0.510. The summed E-state index contributed by atoms with van der Waals surface area (Å²) < 4.78 is 5.38. The van der Waals surface area contributed by atoms with E-state index in [4.69, 9.17) is 10.6 Å². The lowest BCUT2D eigenvalue weighted by molar-refractivity contribution is 0.0954. The first-order valence-electron chi connectivity index (χ1n) is 7.11. The Kier molecular flexibility index (Phi) is 4.37. The van der Waals surface area contributed by atoms with Crippen LogP contribution in [0.3, 0.4) is 0 Å². The van der Waals surface area contributed by atoms with E-state index in [0.29, 0.717) is 5.56 Å². The van der Waals surface area contributed by atoms with E-state index >= 15 is 0 Å². The fraction of sp³-hybridized carbons (Fsp3) is 0.333. The van der Waals surface area contributed by atoms with E-state index in [1.165, 1.54) is 0 Å². The third kappa shape index (κ3) is 2.83. The minimum Gasteiger partial charge on any atom is -0.378 e. The molecule has 0 radical (unpaired) electrons. The molecule has 1 aliphatic rings. The van der Waals surface area contributed by atoms with Gasteiger partial charge in [-0.1, -0.05) is 29.5 Å². The Hall–Kier alpha value is -1.96. The monoisotopic (exact) mass is 318 g/mol. The number of anilines is 1. The van der Waals surface area contributed by atoms with Gasteiger partial charge in [0.15, 0.2) is 5.13 Å². The summed E-state index contributed by atoms with van der Waals surface area (Å²) in [6, 6.07) is 7.43. The van der Waals surface area contributed by atoms with E-state index in [0.717, 1.165) is 47.6 Å². The Morgan fingerprint density at radius 3 is 2.82 bits per heavy atom. The van der Waals surface area contributed by atoms with E-state index in [2.05, 4.69) is 15.3 Å². The lowest BCUT2D eigenvalue weighted by atomic mass is 10.0. The molecular weight excluding hydrogens is 300 g/mol. The normalized spacial score (nSPS) is 14.9. The van der Waals surface area contributed by atoms with Gasteiger partial charge in [0.05, 0.1) is 23.8 Å². The zero-order valence-corrected chi connectivity index (χ0v) is 13.2. The molecule has 0 bridgehead atoms. The van der Waals surface area contributed by atoms with Crippen LogP contribution in [0.1, 0.15) is 16.1 Å². The highest BCUT2D eigenvalue weighted by molar-refractivity contribution is 7.19. The lowest BCUT2D eigenvalue weighted by Crippen LogP contribution is -2.36. The lowest BCUT2D eigenvalue weighted by Gasteiger charge is -2.26. The highest BCUT2D eigenvalue weighted by Gasteiger charge is 2.20. The standard InChI is InChI=1S/C15H18N4O2S/c1-10-13(11-4-2-3-5-12(11)14(20)18-16)22-15(17-10)19-6-8-21-9-7-19/h2-5H,6-9,16H2,1H3,(H,18,20). The average molecular weight is 318 g/mol. The van der Waals surface area contributed by atoms with Crippen LogP contribution in [-0.2, 0) is 4.74 Å². The number of carbonyl (C=O) groups is 1. The molecule has 0 saturated carbocycles. The molecule has 7 heteroatoms. The first-order valence-corrected chi connectivity index (χ1v) is 7.93. The van der Waals surface area contributed by atoms with Crippen LogP contribution in [0.25, 0.3) is 10.4 Å². The van der Waals surface area contributed by atoms with Crippen molar-refractivity contribution in [1.29, 1.82) is 0 Å². The summed E-state index contributed by atoms with van der Waals surface area (Å²) in [4.78, 5) is 19.8. The summed E-state index contributed by atoms with van der Waals surface area (Å²) in [5, 5.41) is 0.971. The number of nitrogen functional groups attached to an aromatic ring is 1. The van der Waals surface area contributed by atoms with Crippen molar-refractivity contribution in [1.82, 2.24) is 10.4 Å². The maximum Gasteiger partial charge on any atom is 0.265 e. The van der Waals surface area contributed by atoms with Crippen LogP contribution < -0.4 is 16.2 Å². The molecule has 1 fully saturated rings. The number of hydrazine groups is 1. The van der Waals surface area contributed by atoms with Crippen LogP contribution >= 0.6 is 11.3 Å². The maximum atomic E-state index is 11.9. The van der Waals surface area contributed by atoms with Gasteiger partial charge >= 0.3 is 0 Å². The summed E-state index contributed by atoms with van der Waals surface area (Å²) >= 11 is 1.60. The highest BCUT2D eigenvalue weighted by atomic mass is 32.1. The number of nitrogens with zero attached hydrogens (tertiary/aromatic N) is 2. The van der Waals surface area contributed by atoms with Crippen molar-refractivity contribution in [2.75, 3.05) is 31.2 Å². The molecule has 1 saturated heterocycles. The first-order chi connectivity index (χ1) is 10.7. The van der Waals surface area contributed by atoms with Gasteiger partial charge in [0.25, 0.3) is 5.91 Å². The van der Waals surface area contributed by atoms with Gasteiger partial charge < -0.3 is 9.64 Å². The molecule has 2 aromatic rings. The molecule has 0 aliphatic carbocycles. The topological polar surface area (TPSA) is 80.5 Å². The number of amides is 1. The highest BCUT2D eigenvalue weighted by Crippen LogP contribution is 2.36. The minimum absolute atomic E-state index is 0.295. The number of morpholine rings is 1. The predicted molar refractivity (Wildman–Crippen MR) is 87.0 cm³/mol. The number of nitrogens with one attached hydrogen (secondary N) is 1. The number of aromatic nitrogens is 1. The molecular formula is C15H18N4O2S. The van der Waals surface area contributed by atoms with Crippen LogP contribution in [0.4, 0.5) is 5.13 Å². The van der Waals surface area contributed by atoms with Gasteiger partial charge in [-0.05, 0) is 13.0 Å². The fourth-order valence-corrected chi connectivity index (χ4v) is 3.64. The van der Waals surface area contributed by atoms with Crippen molar-refractivity contribution in [2.45, 2.75) is 6.92 Å². The number of hydrogen-bond acceptors (Lipinski definition) is 6. The third-order valence-corrected chi connectivity index (χ3v) is 4.87. The van der Waals surface area contributed by atoms with Crippen LogP contribution in [0, 0.1) is 6.92 Å². The zero-order chi connectivity index (χ0) is 15.5. The Balaban J connectivity index is 1.99. The van der Waals surface area contributed by atoms with Crippen molar-refractivity contribution in [3.63, 3.8) is 0 Å². The molecule has 2 heterocycles. The van der Waals surface area contributed by atoms with Crippen molar-refractivity contribution in [3.8, 4) is 10.4 Å². The Morgan fingerprint density at radius 2 is 2.09 bits per heavy atom. The van der Waals surface area contributed by atoms with Crippen LogP contribution in [0.2, 0.25) is 0 Å². The van der Waals surface area contributed by atoms with Gasteiger partial charge in [0, 0.05) is 24.2 Å². The van der Waals surface area contributed by atoms with Crippen molar-refractivity contribution >= 4 is 22.4 Å². The van der Waals surface area contributed by atoms with Gasteiger partial charge in [-0.15, -0.1) is 0 Å². The molecule has 1 aliphatic heterocycles. The average Bonchev–Trinajstić information content (AvgIpc) is 2.96. The van der Waals surface area contributed by atoms with Crippen molar-refractivity contribution in [2.24, 2.45) is 5.84 Å². The Morgan fingerprint density at radius 1 is 1.36 bits per heavy atom. The molecule has 1 amide bonds. The maximum absolute atomic E-state index is 11.9. The molecule has 22 heavy (non-hydrogen) atoms. The molecule has 0 spiro atoms. The Bertz CT molecular complexity index is 680. The smallest absolute Gasteiger partial charge is 0.265 e. The SMILES string of the molecule is Cc1nc(N2CCOCC2)sc1-c1ccccc1C(=O)NN. The van der Waals surface area contributed by atoms with E-state index in [1.54, 1.807) is 17.4 Å². The van der Waals surface area contributed by atoms with Gasteiger partial charge in [-0.2, -0.15) is 0 Å². The molecule has 1 aromatic heterocycles. The number of rotatable bonds is 3. The molecule has 3 N–H and O–H groups in total. The zero-order valence-electron chi connectivity index (χ0n) is 12.3.